The smallest absolute Gasteiger partial charge is 0.449 e. The molecule has 0 aliphatic rings. The second-order valence-corrected chi connectivity index (χ2v) is 9.05. The molecule has 2 aromatic heterocycles. The summed E-state index contributed by atoms with van der Waals surface area (Å²) in [7, 11) is 0. The van der Waals surface area contributed by atoms with Gasteiger partial charge < -0.3 is 19.7 Å². The number of benzene rings is 2. The second kappa shape index (κ2) is 12.7. The van der Waals surface area contributed by atoms with Crippen LogP contribution in [0.2, 0.25) is 0 Å². The maximum atomic E-state index is 12.2. The van der Waals surface area contributed by atoms with Crippen molar-refractivity contribution in [3.63, 3.8) is 0 Å². The van der Waals surface area contributed by atoms with E-state index in [-0.39, 0.29) is 6.03 Å². The monoisotopic (exact) mass is 515 g/mol. The lowest BCUT2D eigenvalue weighted by molar-refractivity contribution is 0.144. The number of fused-ring (bicyclic) bond motifs is 1. The summed E-state index contributed by atoms with van der Waals surface area (Å²) in [4.78, 5) is 32.6. The van der Waals surface area contributed by atoms with Crippen LogP contribution in [-0.2, 0) is 13.0 Å². The molecule has 198 valence electrons. The number of urea groups is 1. The number of anilines is 1. The van der Waals surface area contributed by atoms with Crippen LogP contribution < -0.4 is 15.4 Å². The molecule has 0 spiro atoms. The highest BCUT2D eigenvalue weighted by Crippen LogP contribution is 2.30. The molecule has 0 bridgehead atoms. The fourth-order valence-electron chi connectivity index (χ4n) is 4.23. The van der Waals surface area contributed by atoms with Gasteiger partial charge in [-0.15, -0.1) is 0 Å². The van der Waals surface area contributed by atoms with Gasteiger partial charge in [-0.05, 0) is 42.2 Å². The summed E-state index contributed by atoms with van der Waals surface area (Å²) in [6, 6.07) is 18.5. The van der Waals surface area contributed by atoms with Gasteiger partial charge >= 0.3 is 12.2 Å². The molecule has 2 aromatic carbocycles. The van der Waals surface area contributed by atoms with Gasteiger partial charge in [0.1, 0.15) is 17.4 Å². The predicted molar refractivity (Wildman–Crippen MR) is 148 cm³/mol. The first kappa shape index (κ1) is 26.7. The Morgan fingerprint density at radius 1 is 0.947 bits per heavy atom. The van der Waals surface area contributed by atoms with Crippen molar-refractivity contribution >= 4 is 29.2 Å². The molecular formula is C29H33N5O4. The molecular weight excluding hydrogens is 482 g/mol. The number of aryl methyl sites for hydroxylation is 1. The van der Waals surface area contributed by atoms with Gasteiger partial charge in [-0.25, -0.2) is 19.6 Å². The summed E-state index contributed by atoms with van der Waals surface area (Å²) in [5, 5.41) is 14.7. The van der Waals surface area contributed by atoms with Crippen LogP contribution in [0.5, 0.6) is 5.75 Å². The van der Waals surface area contributed by atoms with E-state index in [0.29, 0.717) is 35.9 Å². The lowest BCUT2D eigenvalue weighted by atomic mass is 10.0. The number of carboxylic acid groups (broad SMARTS) is 1. The van der Waals surface area contributed by atoms with E-state index < -0.39 is 6.16 Å². The largest absolute Gasteiger partial charge is 0.511 e. The van der Waals surface area contributed by atoms with Crippen LogP contribution in [-0.4, -0.2) is 38.4 Å². The summed E-state index contributed by atoms with van der Waals surface area (Å²) >= 11 is 0. The third-order valence-corrected chi connectivity index (χ3v) is 6.19. The van der Waals surface area contributed by atoms with Crippen molar-refractivity contribution in [2.45, 2.75) is 52.5 Å². The fourth-order valence-corrected chi connectivity index (χ4v) is 4.23. The zero-order valence-corrected chi connectivity index (χ0v) is 21.7. The van der Waals surface area contributed by atoms with E-state index in [9.17, 15) is 9.59 Å². The van der Waals surface area contributed by atoms with E-state index in [1.165, 1.54) is 0 Å². The Labute approximate surface area is 221 Å². The van der Waals surface area contributed by atoms with E-state index in [1.54, 1.807) is 18.2 Å². The minimum atomic E-state index is -1.34. The van der Waals surface area contributed by atoms with Gasteiger partial charge in [0.05, 0.1) is 5.52 Å². The number of carbonyl (C=O) groups is 2. The lowest BCUT2D eigenvalue weighted by Crippen LogP contribution is -2.29. The van der Waals surface area contributed by atoms with Crippen molar-refractivity contribution in [2.75, 3.05) is 11.9 Å². The van der Waals surface area contributed by atoms with E-state index in [2.05, 4.69) is 34.0 Å². The maximum absolute atomic E-state index is 12.2. The quantitative estimate of drug-likeness (QED) is 0.120. The molecule has 0 aliphatic heterocycles. The van der Waals surface area contributed by atoms with Crippen molar-refractivity contribution < 1.29 is 19.4 Å². The Kier molecular flexibility index (Phi) is 8.92. The zero-order valence-electron chi connectivity index (χ0n) is 21.7. The predicted octanol–water partition coefficient (Wildman–Crippen LogP) is 6.47. The van der Waals surface area contributed by atoms with E-state index in [0.717, 1.165) is 54.6 Å². The summed E-state index contributed by atoms with van der Waals surface area (Å²) in [5.74, 6) is 1.71. The number of rotatable bonds is 11. The Morgan fingerprint density at radius 3 is 2.45 bits per heavy atom. The summed E-state index contributed by atoms with van der Waals surface area (Å²) < 4.78 is 7.11. The highest BCUT2D eigenvalue weighted by molar-refractivity contribution is 5.89. The average molecular weight is 516 g/mol. The average Bonchev–Trinajstić information content (AvgIpc) is 3.24. The van der Waals surface area contributed by atoms with Crippen LogP contribution >= 0.6 is 0 Å². The number of para-hydroxylation sites is 1. The Hall–Kier alpha value is -4.40. The van der Waals surface area contributed by atoms with Crippen LogP contribution in [0.25, 0.3) is 22.3 Å². The number of ether oxygens (including phenoxy) is 1. The van der Waals surface area contributed by atoms with Gasteiger partial charge in [-0.1, -0.05) is 69.2 Å². The van der Waals surface area contributed by atoms with Crippen molar-refractivity contribution in [3.05, 3.63) is 72.1 Å². The van der Waals surface area contributed by atoms with Crippen LogP contribution in [0.4, 0.5) is 15.4 Å². The van der Waals surface area contributed by atoms with Gasteiger partial charge in [0, 0.05) is 25.1 Å². The van der Waals surface area contributed by atoms with E-state index >= 15 is 0 Å². The third-order valence-electron chi connectivity index (χ3n) is 6.19. The molecule has 9 heteroatoms. The molecule has 0 aliphatic carbocycles. The molecule has 0 atom stereocenters. The number of nitrogens with one attached hydrogen (secondary N) is 2. The molecule has 0 saturated carbocycles. The molecule has 0 radical (unpaired) electrons. The number of aromatic nitrogens is 3. The molecule has 2 heterocycles. The Bertz CT molecular complexity index is 1400. The minimum absolute atomic E-state index is 0.272. The topological polar surface area (TPSA) is 118 Å². The first-order valence-corrected chi connectivity index (χ1v) is 13.0. The molecule has 38 heavy (non-hydrogen) atoms. The number of imidazole rings is 1. The highest BCUT2D eigenvalue weighted by atomic mass is 16.7. The first-order chi connectivity index (χ1) is 18.5. The normalized spacial score (nSPS) is 10.9. The summed E-state index contributed by atoms with van der Waals surface area (Å²) in [6.45, 7) is 5.45. The van der Waals surface area contributed by atoms with Crippen LogP contribution in [0.3, 0.4) is 0 Å². The second-order valence-electron chi connectivity index (χ2n) is 9.05. The van der Waals surface area contributed by atoms with Crippen molar-refractivity contribution in [2.24, 2.45) is 0 Å². The number of carbonyl (C=O) groups excluding carboxylic acids is 1. The van der Waals surface area contributed by atoms with Crippen LogP contribution in [0.15, 0.2) is 60.7 Å². The Morgan fingerprint density at radius 2 is 1.71 bits per heavy atom. The number of unbranched alkanes of at least 4 members (excludes halogenated alkanes) is 2. The fraction of sp³-hybridized carbons (Fsp3) is 0.310. The molecule has 3 N–H and O–H groups in total. The van der Waals surface area contributed by atoms with Gasteiger partial charge in [0.2, 0.25) is 0 Å². The number of amides is 2. The number of hydrogen-bond donors (Lipinski definition) is 3. The standard InChI is InChI=1S/C29H33N5O4/c1-3-5-11-26-33-27-23(16-17-25(31-27)32-28(35)30-18-6-4-2)34(26)19-20-12-14-21(15-13-20)22-9-7-8-10-24(22)38-29(36)37/h7-10,12-17H,3-6,11,18-19H2,1-2H3,(H,36,37)(H2,30,31,32,35). The third kappa shape index (κ3) is 6.67. The summed E-state index contributed by atoms with van der Waals surface area (Å²) in [6.07, 6.45) is 3.48. The van der Waals surface area contributed by atoms with Gasteiger partial charge in [0.25, 0.3) is 0 Å². The number of nitrogens with zero attached hydrogens (tertiary/aromatic N) is 3. The molecule has 0 fully saturated rings. The van der Waals surface area contributed by atoms with Crippen molar-refractivity contribution in [1.82, 2.24) is 19.9 Å². The molecule has 2 amide bonds. The van der Waals surface area contributed by atoms with Crippen LogP contribution in [0, 0.1) is 0 Å². The number of hydrogen-bond acceptors (Lipinski definition) is 5. The zero-order chi connectivity index (χ0) is 26.9. The molecule has 0 saturated heterocycles. The first-order valence-electron chi connectivity index (χ1n) is 13.0. The van der Waals surface area contributed by atoms with Crippen molar-refractivity contribution in [3.8, 4) is 16.9 Å². The van der Waals surface area contributed by atoms with E-state index in [4.69, 9.17) is 14.8 Å². The SMILES string of the molecule is CCCCNC(=O)Nc1ccc2c(n1)nc(CCCC)n2Cc1ccc(-c2ccccc2OC(=O)O)cc1. The summed E-state index contributed by atoms with van der Waals surface area (Å²) in [5.41, 5.74) is 4.14. The molecule has 9 nitrogen and oxygen atoms in total. The molecule has 4 aromatic rings. The number of pyridine rings is 1. The van der Waals surface area contributed by atoms with Gasteiger partial charge in [-0.3, -0.25) is 5.32 Å². The lowest BCUT2D eigenvalue weighted by Gasteiger charge is -2.12. The highest BCUT2D eigenvalue weighted by Gasteiger charge is 2.15. The maximum Gasteiger partial charge on any atom is 0.511 e. The Balaban J connectivity index is 1.57. The molecule has 0 unspecified atom stereocenters. The van der Waals surface area contributed by atoms with Crippen molar-refractivity contribution in [1.29, 1.82) is 0 Å². The van der Waals surface area contributed by atoms with Gasteiger partial charge in [-0.2, -0.15) is 0 Å². The minimum Gasteiger partial charge on any atom is -0.449 e. The van der Waals surface area contributed by atoms with Crippen LogP contribution in [0.1, 0.15) is 50.9 Å². The van der Waals surface area contributed by atoms with E-state index in [1.807, 2.05) is 42.5 Å². The molecule has 4 rings (SSSR count). The van der Waals surface area contributed by atoms with Gasteiger partial charge in [0.15, 0.2) is 5.65 Å².